The SMILES string of the molecule is CCCN1C(N)=NCC1c1csc2ccccc12. The summed E-state index contributed by atoms with van der Waals surface area (Å²) in [5.74, 6) is 0.692. The summed E-state index contributed by atoms with van der Waals surface area (Å²) in [4.78, 5) is 6.64. The zero-order valence-corrected chi connectivity index (χ0v) is 11.3. The summed E-state index contributed by atoms with van der Waals surface area (Å²) < 4.78 is 1.34. The average Bonchev–Trinajstić information content (AvgIpc) is 2.95. The number of benzene rings is 1. The predicted molar refractivity (Wildman–Crippen MR) is 78.1 cm³/mol. The zero-order valence-electron chi connectivity index (χ0n) is 10.5. The molecule has 2 N–H and O–H groups in total. The van der Waals surface area contributed by atoms with E-state index in [0.29, 0.717) is 12.0 Å². The predicted octanol–water partition coefficient (Wildman–Crippen LogP) is 2.98. The average molecular weight is 259 g/mol. The molecule has 1 atom stereocenters. The maximum absolute atomic E-state index is 5.98. The minimum Gasteiger partial charge on any atom is -0.370 e. The molecule has 0 radical (unpaired) electrons. The summed E-state index contributed by atoms with van der Waals surface area (Å²) in [6, 6.07) is 8.88. The van der Waals surface area contributed by atoms with Crippen LogP contribution in [-0.2, 0) is 0 Å². The minimum absolute atomic E-state index is 0.320. The van der Waals surface area contributed by atoms with E-state index in [2.05, 4.69) is 46.5 Å². The summed E-state index contributed by atoms with van der Waals surface area (Å²) in [6.07, 6.45) is 1.09. The van der Waals surface area contributed by atoms with Crippen molar-refractivity contribution >= 4 is 27.4 Å². The second-order valence-corrected chi connectivity index (χ2v) is 5.51. The lowest BCUT2D eigenvalue weighted by molar-refractivity contribution is 0.349. The van der Waals surface area contributed by atoms with Crippen molar-refractivity contribution in [2.45, 2.75) is 19.4 Å². The van der Waals surface area contributed by atoms with Gasteiger partial charge in [-0.25, -0.2) is 0 Å². The normalized spacial score (nSPS) is 19.5. The number of hydrogen-bond donors (Lipinski definition) is 1. The molecular formula is C14H17N3S. The number of rotatable bonds is 3. The molecule has 1 aromatic heterocycles. The molecule has 0 spiro atoms. The first-order valence-corrected chi connectivity index (χ1v) is 7.22. The Kier molecular flexibility index (Phi) is 2.96. The molecule has 0 bridgehead atoms. The lowest BCUT2D eigenvalue weighted by Crippen LogP contribution is -2.36. The zero-order chi connectivity index (χ0) is 12.5. The van der Waals surface area contributed by atoms with Gasteiger partial charge in [-0.1, -0.05) is 25.1 Å². The largest absolute Gasteiger partial charge is 0.370 e. The van der Waals surface area contributed by atoms with Crippen LogP contribution in [0.3, 0.4) is 0 Å². The Morgan fingerprint density at radius 1 is 1.44 bits per heavy atom. The first-order chi connectivity index (χ1) is 8.81. The van der Waals surface area contributed by atoms with E-state index in [1.807, 2.05) is 0 Å². The summed E-state index contributed by atoms with van der Waals surface area (Å²) >= 11 is 1.80. The first kappa shape index (κ1) is 11.5. The van der Waals surface area contributed by atoms with Gasteiger partial charge >= 0.3 is 0 Å². The fourth-order valence-corrected chi connectivity index (χ4v) is 3.57. The standard InChI is InChI=1S/C14H17N3S/c1-2-7-17-12(8-16-14(17)15)11-9-18-13-6-4-3-5-10(11)13/h3-6,9,12H,2,7-8H2,1H3,(H2,15,16). The van der Waals surface area contributed by atoms with Gasteiger partial charge < -0.3 is 10.6 Å². The summed E-state index contributed by atoms with van der Waals surface area (Å²) in [7, 11) is 0. The Bertz CT molecular complexity index is 587. The molecule has 3 nitrogen and oxygen atoms in total. The van der Waals surface area contributed by atoms with Crippen LogP contribution in [0.25, 0.3) is 10.1 Å². The molecule has 0 saturated carbocycles. The molecule has 94 valence electrons. The van der Waals surface area contributed by atoms with Crippen LogP contribution in [0.2, 0.25) is 0 Å². The van der Waals surface area contributed by atoms with Crippen LogP contribution < -0.4 is 5.73 Å². The van der Waals surface area contributed by atoms with Crippen LogP contribution in [0.5, 0.6) is 0 Å². The Balaban J connectivity index is 2.00. The Morgan fingerprint density at radius 2 is 2.28 bits per heavy atom. The van der Waals surface area contributed by atoms with Crippen molar-refractivity contribution in [2.24, 2.45) is 10.7 Å². The number of thiophene rings is 1. The van der Waals surface area contributed by atoms with Crippen LogP contribution in [0.1, 0.15) is 24.9 Å². The lowest BCUT2D eigenvalue weighted by Gasteiger charge is -2.25. The fraction of sp³-hybridized carbons (Fsp3) is 0.357. The van der Waals surface area contributed by atoms with Crippen molar-refractivity contribution in [1.29, 1.82) is 0 Å². The Hall–Kier alpha value is -1.55. The van der Waals surface area contributed by atoms with Crippen LogP contribution in [0.4, 0.5) is 0 Å². The molecular weight excluding hydrogens is 242 g/mol. The minimum atomic E-state index is 0.320. The van der Waals surface area contributed by atoms with Crippen molar-refractivity contribution < 1.29 is 0 Å². The second-order valence-electron chi connectivity index (χ2n) is 4.60. The molecule has 1 unspecified atom stereocenters. The van der Waals surface area contributed by atoms with Gasteiger partial charge in [-0.05, 0) is 28.8 Å². The molecule has 0 amide bonds. The Morgan fingerprint density at radius 3 is 3.11 bits per heavy atom. The van der Waals surface area contributed by atoms with E-state index in [1.165, 1.54) is 15.6 Å². The quantitative estimate of drug-likeness (QED) is 0.920. The van der Waals surface area contributed by atoms with Gasteiger partial charge in [-0.15, -0.1) is 11.3 Å². The van der Waals surface area contributed by atoms with E-state index < -0.39 is 0 Å². The van der Waals surface area contributed by atoms with Crippen molar-refractivity contribution in [1.82, 2.24) is 4.90 Å². The molecule has 1 aliphatic rings. The smallest absolute Gasteiger partial charge is 0.191 e. The van der Waals surface area contributed by atoms with Gasteiger partial charge in [0.1, 0.15) is 0 Å². The lowest BCUT2D eigenvalue weighted by atomic mass is 10.1. The highest BCUT2D eigenvalue weighted by Gasteiger charge is 2.28. The van der Waals surface area contributed by atoms with Gasteiger partial charge in [-0.2, -0.15) is 0 Å². The van der Waals surface area contributed by atoms with E-state index >= 15 is 0 Å². The number of hydrogen-bond acceptors (Lipinski definition) is 4. The van der Waals surface area contributed by atoms with Crippen molar-refractivity contribution in [3.8, 4) is 0 Å². The summed E-state index contributed by atoms with van der Waals surface area (Å²) in [5.41, 5.74) is 7.35. The summed E-state index contributed by atoms with van der Waals surface area (Å²) in [6.45, 7) is 3.94. The van der Waals surface area contributed by atoms with Gasteiger partial charge in [0, 0.05) is 11.2 Å². The third-order valence-corrected chi connectivity index (χ3v) is 4.41. The highest BCUT2D eigenvalue weighted by atomic mass is 32.1. The van der Waals surface area contributed by atoms with E-state index in [-0.39, 0.29) is 0 Å². The third kappa shape index (κ3) is 1.77. The second kappa shape index (κ2) is 4.61. The highest BCUT2D eigenvalue weighted by Crippen LogP contribution is 2.35. The van der Waals surface area contributed by atoms with Gasteiger partial charge in [0.15, 0.2) is 5.96 Å². The van der Waals surface area contributed by atoms with Gasteiger partial charge in [0.05, 0.1) is 12.6 Å². The third-order valence-electron chi connectivity index (χ3n) is 3.43. The van der Waals surface area contributed by atoms with E-state index in [9.17, 15) is 0 Å². The monoisotopic (exact) mass is 259 g/mol. The molecule has 2 heterocycles. The molecule has 4 heteroatoms. The van der Waals surface area contributed by atoms with Gasteiger partial charge in [-0.3, -0.25) is 4.99 Å². The number of nitrogens with zero attached hydrogens (tertiary/aromatic N) is 2. The number of nitrogens with two attached hydrogens (primary N) is 1. The Labute approximate surface area is 111 Å². The van der Waals surface area contributed by atoms with Crippen LogP contribution >= 0.6 is 11.3 Å². The molecule has 2 aromatic rings. The molecule has 18 heavy (non-hydrogen) atoms. The summed E-state index contributed by atoms with van der Waals surface area (Å²) in [5, 5.41) is 3.60. The van der Waals surface area contributed by atoms with Crippen molar-refractivity contribution in [3.63, 3.8) is 0 Å². The number of aliphatic imine (C=N–C) groups is 1. The maximum Gasteiger partial charge on any atom is 0.191 e. The van der Waals surface area contributed by atoms with E-state index in [1.54, 1.807) is 11.3 Å². The molecule has 0 fully saturated rings. The molecule has 1 aromatic carbocycles. The first-order valence-electron chi connectivity index (χ1n) is 6.34. The van der Waals surface area contributed by atoms with Crippen molar-refractivity contribution in [2.75, 3.05) is 13.1 Å². The molecule has 0 saturated heterocycles. The molecule has 1 aliphatic heterocycles. The van der Waals surface area contributed by atoms with Gasteiger partial charge in [0.2, 0.25) is 0 Å². The van der Waals surface area contributed by atoms with Crippen LogP contribution in [0, 0.1) is 0 Å². The van der Waals surface area contributed by atoms with Gasteiger partial charge in [0.25, 0.3) is 0 Å². The number of guanidine groups is 1. The number of fused-ring (bicyclic) bond motifs is 1. The van der Waals surface area contributed by atoms with E-state index in [0.717, 1.165) is 19.5 Å². The molecule has 0 aliphatic carbocycles. The molecule has 3 rings (SSSR count). The van der Waals surface area contributed by atoms with Crippen LogP contribution in [-0.4, -0.2) is 23.9 Å². The van der Waals surface area contributed by atoms with Crippen LogP contribution in [0.15, 0.2) is 34.6 Å². The topological polar surface area (TPSA) is 41.6 Å². The fourth-order valence-electron chi connectivity index (χ4n) is 2.56. The van der Waals surface area contributed by atoms with E-state index in [4.69, 9.17) is 5.73 Å². The maximum atomic E-state index is 5.98. The highest BCUT2D eigenvalue weighted by molar-refractivity contribution is 7.17. The van der Waals surface area contributed by atoms with Crippen molar-refractivity contribution in [3.05, 3.63) is 35.2 Å².